The summed E-state index contributed by atoms with van der Waals surface area (Å²) in [5, 5.41) is 0. The molecule has 4 heterocycles. The topological polar surface area (TPSA) is 75.5 Å². The predicted octanol–water partition coefficient (Wildman–Crippen LogP) is 4.47. The highest BCUT2D eigenvalue weighted by molar-refractivity contribution is 7.89. The second-order valence-electron chi connectivity index (χ2n) is 9.81. The number of carbonyl (C=O) groups excluding carboxylic acids is 1. The number of piperidine rings is 1. The van der Waals surface area contributed by atoms with Gasteiger partial charge in [0.2, 0.25) is 15.9 Å². The first-order valence-electron chi connectivity index (χ1n) is 12.7. The summed E-state index contributed by atoms with van der Waals surface area (Å²) in [7, 11) is -4.19. The summed E-state index contributed by atoms with van der Waals surface area (Å²) in [6, 6.07) is 11.2. The number of amides is 1. The van der Waals surface area contributed by atoms with E-state index in [-0.39, 0.29) is 18.9 Å². The number of hydrogen-bond donors (Lipinski definition) is 0. The third-order valence-electron chi connectivity index (χ3n) is 7.35. The first-order chi connectivity index (χ1) is 18.1. The number of nitrogens with zero attached hydrogens (tertiary/aromatic N) is 4. The molecule has 0 bridgehead atoms. The Bertz CT molecular complexity index is 1410. The second kappa shape index (κ2) is 10.5. The molecular formula is C27H29F3N4O3S. The number of pyridine rings is 1. The van der Waals surface area contributed by atoms with Gasteiger partial charge in [-0.25, -0.2) is 8.42 Å². The minimum absolute atomic E-state index is 0.00275. The first-order valence-corrected chi connectivity index (χ1v) is 14.1. The van der Waals surface area contributed by atoms with E-state index in [0.717, 1.165) is 41.9 Å². The molecular weight excluding hydrogens is 517 g/mol. The number of hydrogen-bond acceptors (Lipinski definition) is 4. The van der Waals surface area contributed by atoms with E-state index in [9.17, 15) is 26.4 Å². The van der Waals surface area contributed by atoms with Crippen LogP contribution in [0, 0.1) is 0 Å². The van der Waals surface area contributed by atoms with E-state index in [1.165, 1.54) is 10.4 Å². The zero-order valence-corrected chi connectivity index (χ0v) is 21.6. The Morgan fingerprint density at radius 2 is 1.79 bits per heavy atom. The van der Waals surface area contributed by atoms with Crippen LogP contribution in [0.5, 0.6) is 0 Å². The molecule has 0 radical (unpaired) electrons. The van der Waals surface area contributed by atoms with Gasteiger partial charge in [0.1, 0.15) is 0 Å². The van der Waals surface area contributed by atoms with Gasteiger partial charge in [0, 0.05) is 62.3 Å². The average Bonchev–Trinajstić information content (AvgIpc) is 3.31. The first kappa shape index (κ1) is 26.4. The van der Waals surface area contributed by atoms with Crippen molar-refractivity contribution in [3.63, 3.8) is 0 Å². The van der Waals surface area contributed by atoms with E-state index in [1.807, 2.05) is 18.2 Å². The molecule has 0 N–H and O–H groups in total. The van der Waals surface area contributed by atoms with Crippen LogP contribution in [-0.4, -0.2) is 52.2 Å². The van der Waals surface area contributed by atoms with E-state index in [2.05, 4.69) is 15.6 Å². The van der Waals surface area contributed by atoms with Crippen molar-refractivity contribution in [1.29, 1.82) is 0 Å². The van der Waals surface area contributed by atoms with Crippen molar-refractivity contribution in [3.05, 3.63) is 83.4 Å². The number of aromatic nitrogens is 2. The predicted molar refractivity (Wildman–Crippen MR) is 134 cm³/mol. The molecule has 11 heteroatoms. The number of carbonyl (C=O) groups is 1. The molecule has 202 valence electrons. The molecule has 3 aromatic rings. The molecule has 1 fully saturated rings. The van der Waals surface area contributed by atoms with Gasteiger partial charge >= 0.3 is 6.18 Å². The molecule has 5 rings (SSSR count). The van der Waals surface area contributed by atoms with Crippen molar-refractivity contribution in [2.24, 2.45) is 0 Å². The zero-order valence-electron chi connectivity index (χ0n) is 20.8. The molecule has 1 unspecified atom stereocenters. The molecule has 2 aliphatic heterocycles. The van der Waals surface area contributed by atoms with E-state index in [0.29, 0.717) is 38.5 Å². The number of alkyl halides is 3. The zero-order chi connectivity index (χ0) is 26.9. The second-order valence-corrected chi connectivity index (χ2v) is 11.7. The summed E-state index contributed by atoms with van der Waals surface area (Å²) >= 11 is 0. The van der Waals surface area contributed by atoms with Crippen molar-refractivity contribution >= 4 is 15.9 Å². The normalized spacial score (nSPS) is 18.8. The molecule has 2 aliphatic rings. The highest BCUT2D eigenvalue weighted by Crippen LogP contribution is 2.33. The van der Waals surface area contributed by atoms with Gasteiger partial charge in [0.25, 0.3) is 0 Å². The molecule has 7 nitrogen and oxygen atoms in total. The monoisotopic (exact) mass is 546 g/mol. The molecule has 1 amide bonds. The summed E-state index contributed by atoms with van der Waals surface area (Å²) in [5.74, 6) is -0.149. The van der Waals surface area contributed by atoms with Crippen LogP contribution in [0.15, 0.2) is 65.8 Å². The fraction of sp³-hybridized carbons (Fsp3) is 0.407. The molecule has 1 aromatic carbocycles. The van der Waals surface area contributed by atoms with Crippen LogP contribution >= 0.6 is 0 Å². The highest BCUT2D eigenvalue weighted by atomic mass is 32.2. The number of fused-ring (bicyclic) bond motifs is 1. The van der Waals surface area contributed by atoms with E-state index < -0.39 is 32.7 Å². The summed E-state index contributed by atoms with van der Waals surface area (Å²) in [5.41, 5.74) is 2.32. The lowest BCUT2D eigenvalue weighted by atomic mass is 10.0. The molecule has 0 saturated carbocycles. The molecule has 0 spiro atoms. The minimum Gasteiger partial charge on any atom is -0.345 e. The van der Waals surface area contributed by atoms with Crippen molar-refractivity contribution in [2.45, 2.75) is 62.3 Å². The lowest BCUT2D eigenvalue weighted by Gasteiger charge is -2.36. The third kappa shape index (κ3) is 5.49. The summed E-state index contributed by atoms with van der Waals surface area (Å²) < 4.78 is 69.8. The van der Waals surface area contributed by atoms with E-state index in [4.69, 9.17) is 0 Å². The Morgan fingerprint density at radius 3 is 2.55 bits per heavy atom. The van der Waals surface area contributed by atoms with Crippen LogP contribution in [0.1, 0.15) is 48.2 Å². The van der Waals surface area contributed by atoms with Gasteiger partial charge in [-0.2, -0.15) is 17.5 Å². The summed E-state index contributed by atoms with van der Waals surface area (Å²) in [4.78, 5) is 18.7. The quantitative estimate of drug-likeness (QED) is 0.457. The Morgan fingerprint density at radius 1 is 1.00 bits per heavy atom. The van der Waals surface area contributed by atoms with Gasteiger partial charge in [0.15, 0.2) is 0 Å². The molecule has 2 aromatic heterocycles. The standard InChI is InChI=1S/C27H29F3N4O3S/c28-27(29,30)21-4-3-6-25(17-21)38(36,37)34-13-2-1-5-23(34)18-26(35)32-14-15-33-22(7-8-24(33)19-32)16-20-9-11-31-12-10-20/h3-4,6-12,17,23H,1-2,5,13-16,18-19H2. The minimum atomic E-state index is -4.65. The maximum absolute atomic E-state index is 13.4. The van der Waals surface area contributed by atoms with Crippen LogP contribution in [0.25, 0.3) is 0 Å². The van der Waals surface area contributed by atoms with Gasteiger partial charge in [-0.05, 0) is 60.9 Å². The number of rotatable bonds is 6. The largest absolute Gasteiger partial charge is 0.416 e. The smallest absolute Gasteiger partial charge is 0.345 e. The van der Waals surface area contributed by atoms with Crippen LogP contribution in [-0.2, 0) is 40.5 Å². The Kier molecular flexibility index (Phi) is 7.32. The lowest BCUT2D eigenvalue weighted by molar-refractivity contribution is -0.137. The Hall–Kier alpha value is -3.18. The molecule has 1 atom stereocenters. The van der Waals surface area contributed by atoms with Gasteiger partial charge < -0.3 is 9.47 Å². The van der Waals surface area contributed by atoms with Gasteiger partial charge in [0.05, 0.1) is 17.0 Å². The highest BCUT2D eigenvalue weighted by Gasteiger charge is 2.38. The molecule has 38 heavy (non-hydrogen) atoms. The van der Waals surface area contributed by atoms with Crippen LogP contribution in [0.2, 0.25) is 0 Å². The Labute approximate surface area is 219 Å². The van der Waals surface area contributed by atoms with Gasteiger partial charge in [-0.15, -0.1) is 0 Å². The number of halogens is 3. The van der Waals surface area contributed by atoms with Gasteiger partial charge in [-0.1, -0.05) is 12.5 Å². The molecule has 1 saturated heterocycles. The van der Waals surface area contributed by atoms with E-state index in [1.54, 1.807) is 17.3 Å². The number of benzene rings is 1. The lowest BCUT2D eigenvalue weighted by Crippen LogP contribution is -2.47. The fourth-order valence-electron chi connectivity index (χ4n) is 5.35. The van der Waals surface area contributed by atoms with Crippen molar-refractivity contribution in [1.82, 2.24) is 18.8 Å². The fourth-order valence-corrected chi connectivity index (χ4v) is 7.09. The third-order valence-corrected chi connectivity index (χ3v) is 9.29. The summed E-state index contributed by atoms with van der Waals surface area (Å²) in [6.07, 6.45) is 1.49. The van der Waals surface area contributed by atoms with Gasteiger partial charge in [-0.3, -0.25) is 9.78 Å². The van der Waals surface area contributed by atoms with Crippen molar-refractivity contribution < 1.29 is 26.4 Å². The molecule has 0 aliphatic carbocycles. The van der Waals surface area contributed by atoms with Crippen molar-refractivity contribution in [2.75, 3.05) is 13.1 Å². The van der Waals surface area contributed by atoms with Crippen LogP contribution in [0.4, 0.5) is 13.2 Å². The van der Waals surface area contributed by atoms with E-state index >= 15 is 0 Å². The SMILES string of the molecule is O=C(CC1CCCCN1S(=O)(=O)c1cccc(C(F)(F)F)c1)N1CCn2c(Cc3ccncc3)ccc2C1. The van der Waals surface area contributed by atoms with Crippen molar-refractivity contribution in [3.8, 4) is 0 Å². The number of sulfonamides is 1. The Balaban J connectivity index is 1.28. The average molecular weight is 547 g/mol. The maximum Gasteiger partial charge on any atom is 0.416 e. The maximum atomic E-state index is 13.4. The van der Waals surface area contributed by atoms with Crippen LogP contribution in [0.3, 0.4) is 0 Å². The van der Waals surface area contributed by atoms with Crippen LogP contribution < -0.4 is 0 Å². The summed E-state index contributed by atoms with van der Waals surface area (Å²) in [6.45, 7) is 1.77.